The number of hydrogen-bond donors (Lipinski definition) is 1. The van der Waals surface area contributed by atoms with Gasteiger partial charge in [0.15, 0.2) is 6.04 Å². The molecule has 0 saturated heterocycles. The maximum atomic E-state index is 12.5. The first-order valence-electron chi connectivity index (χ1n) is 7.52. The van der Waals surface area contributed by atoms with Crippen LogP contribution in [0, 0.1) is 0 Å². The van der Waals surface area contributed by atoms with Gasteiger partial charge < -0.3 is 14.8 Å². The summed E-state index contributed by atoms with van der Waals surface area (Å²) in [4.78, 5) is 37.9. The molecule has 7 nitrogen and oxygen atoms in total. The molecule has 1 atom stereocenters. The number of rotatable bonds is 3. The van der Waals surface area contributed by atoms with Crippen molar-refractivity contribution in [1.82, 2.24) is 10.2 Å². The minimum absolute atomic E-state index is 0.216. The van der Waals surface area contributed by atoms with Crippen molar-refractivity contribution >= 4 is 35.1 Å². The van der Waals surface area contributed by atoms with Gasteiger partial charge in [0.2, 0.25) is 0 Å². The Hall–Kier alpha value is -1.96. The fourth-order valence-electron chi connectivity index (χ4n) is 1.90. The number of thiocarbonyl (C=S) groups is 1. The van der Waals surface area contributed by atoms with Gasteiger partial charge in [0.1, 0.15) is 17.7 Å². The molecule has 0 aromatic carbocycles. The van der Waals surface area contributed by atoms with Crippen LogP contribution in [-0.4, -0.2) is 51.5 Å². The molecule has 8 heteroatoms. The normalized spacial score (nSPS) is 18.0. The predicted octanol–water partition coefficient (Wildman–Crippen LogP) is 1.95. The van der Waals surface area contributed by atoms with Crippen LogP contribution < -0.4 is 5.32 Å². The van der Waals surface area contributed by atoms with Crippen molar-refractivity contribution in [3.8, 4) is 0 Å². The molecule has 1 aliphatic heterocycles. The fourth-order valence-corrected chi connectivity index (χ4v) is 2.20. The van der Waals surface area contributed by atoms with Crippen molar-refractivity contribution < 1.29 is 23.9 Å². The number of nitrogens with one attached hydrogen (secondary N) is 1. The van der Waals surface area contributed by atoms with E-state index in [9.17, 15) is 14.4 Å². The zero-order valence-electron chi connectivity index (χ0n) is 14.8. The Kier molecular flexibility index (Phi) is 6.10. The van der Waals surface area contributed by atoms with Crippen molar-refractivity contribution in [3.05, 3.63) is 12.3 Å². The van der Waals surface area contributed by atoms with Crippen LogP contribution in [0.1, 0.15) is 41.5 Å². The van der Waals surface area contributed by atoms with Crippen LogP contribution in [0.2, 0.25) is 0 Å². The first-order valence-corrected chi connectivity index (χ1v) is 7.93. The number of amides is 2. The summed E-state index contributed by atoms with van der Waals surface area (Å²) in [5.41, 5.74) is -1.50. The first kappa shape index (κ1) is 20.1. The molecule has 0 aliphatic carbocycles. The van der Waals surface area contributed by atoms with Crippen LogP contribution in [0.5, 0.6) is 0 Å². The molecule has 134 valence electrons. The number of nitrogens with zero attached hydrogens (tertiary/aromatic N) is 1. The van der Waals surface area contributed by atoms with Gasteiger partial charge in [0.25, 0.3) is 5.91 Å². The molecular weight excluding hydrogens is 332 g/mol. The van der Waals surface area contributed by atoms with Gasteiger partial charge in [-0.1, -0.05) is 12.2 Å². The van der Waals surface area contributed by atoms with Gasteiger partial charge in [-0.05, 0) is 47.6 Å². The van der Waals surface area contributed by atoms with E-state index in [0.29, 0.717) is 0 Å². The molecule has 1 unspecified atom stereocenters. The van der Waals surface area contributed by atoms with E-state index < -0.39 is 41.8 Å². The van der Waals surface area contributed by atoms with Crippen molar-refractivity contribution in [2.75, 3.05) is 6.54 Å². The van der Waals surface area contributed by atoms with E-state index in [4.69, 9.17) is 21.7 Å². The summed E-state index contributed by atoms with van der Waals surface area (Å²) in [6, 6.07) is -1.10. The Bertz CT molecular complexity index is 572. The Morgan fingerprint density at radius 3 is 2.17 bits per heavy atom. The number of carbonyl (C=O) groups excluding carboxylic acids is 3. The third-order valence-corrected chi connectivity index (χ3v) is 3.01. The van der Waals surface area contributed by atoms with E-state index in [0.717, 1.165) is 4.90 Å². The minimum Gasteiger partial charge on any atom is -0.459 e. The summed E-state index contributed by atoms with van der Waals surface area (Å²) in [5, 5.41) is 2.47. The zero-order valence-corrected chi connectivity index (χ0v) is 15.7. The van der Waals surface area contributed by atoms with Gasteiger partial charge in [-0.25, -0.2) is 4.79 Å². The third-order valence-electron chi connectivity index (χ3n) is 2.65. The molecule has 0 spiro atoms. The highest BCUT2D eigenvalue weighted by Crippen LogP contribution is 2.16. The second kappa shape index (κ2) is 7.29. The summed E-state index contributed by atoms with van der Waals surface area (Å²) in [6.07, 6.45) is 2.07. The highest BCUT2D eigenvalue weighted by atomic mass is 32.1. The summed E-state index contributed by atoms with van der Waals surface area (Å²) < 4.78 is 10.5. The van der Waals surface area contributed by atoms with Crippen LogP contribution in [0.25, 0.3) is 0 Å². The second-order valence-electron chi connectivity index (χ2n) is 7.34. The van der Waals surface area contributed by atoms with Crippen LogP contribution in [0.15, 0.2) is 12.3 Å². The molecule has 1 rings (SSSR count). The molecule has 24 heavy (non-hydrogen) atoms. The molecule has 0 aromatic heterocycles. The molecule has 1 N–H and O–H groups in total. The molecule has 0 saturated carbocycles. The molecule has 2 amide bonds. The lowest BCUT2D eigenvalue weighted by molar-refractivity contribution is -0.156. The van der Waals surface area contributed by atoms with E-state index in [1.165, 1.54) is 12.3 Å². The largest absolute Gasteiger partial charge is 0.459 e. The maximum absolute atomic E-state index is 12.5. The second-order valence-corrected chi connectivity index (χ2v) is 7.81. The molecule has 0 aromatic rings. The topological polar surface area (TPSA) is 84.9 Å². The van der Waals surface area contributed by atoms with E-state index >= 15 is 0 Å². The van der Waals surface area contributed by atoms with Crippen LogP contribution in [-0.2, 0) is 19.1 Å². The molecular formula is C16H24N2O5S. The van der Waals surface area contributed by atoms with E-state index in [1.54, 1.807) is 41.5 Å². The summed E-state index contributed by atoms with van der Waals surface area (Å²) in [7, 11) is 0. The van der Waals surface area contributed by atoms with Gasteiger partial charge in [0, 0.05) is 11.1 Å². The minimum atomic E-state index is -1.10. The number of hydrogen-bond acceptors (Lipinski definition) is 6. The SMILES string of the molecule is CC(C)(C)OC(=O)CN(C(=O)OC(C)(C)C)C1C(=O)NC=CC1=S. The van der Waals surface area contributed by atoms with Crippen molar-refractivity contribution in [3.63, 3.8) is 0 Å². The summed E-state index contributed by atoms with van der Waals surface area (Å²) in [5.74, 6) is -1.16. The lowest BCUT2D eigenvalue weighted by Crippen LogP contribution is -2.56. The first-order chi connectivity index (χ1) is 10.8. The lowest BCUT2D eigenvalue weighted by atomic mass is 10.1. The molecule has 0 radical (unpaired) electrons. The average molecular weight is 356 g/mol. The van der Waals surface area contributed by atoms with Gasteiger partial charge in [0.05, 0.1) is 0 Å². The fraction of sp³-hybridized carbons (Fsp3) is 0.625. The Morgan fingerprint density at radius 2 is 1.71 bits per heavy atom. The number of esters is 1. The Morgan fingerprint density at radius 1 is 1.17 bits per heavy atom. The van der Waals surface area contributed by atoms with Gasteiger partial charge in [-0.15, -0.1) is 0 Å². The molecule has 1 aliphatic rings. The average Bonchev–Trinajstić information content (AvgIpc) is 2.32. The smallest absolute Gasteiger partial charge is 0.411 e. The number of ether oxygens (including phenoxy) is 2. The quantitative estimate of drug-likeness (QED) is 0.614. The van der Waals surface area contributed by atoms with E-state index in [-0.39, 0.29) is 4.86 Å². The van der Waals surface area contributed by atoms with Crippen LogP contribution in [0.3, 0.4) is 0 Å². The predicted molar refractivity (Wildman–Crippen MR) is 92.5 cm³/mol. The van der Waals surface area contributed by atoms with Gasteiger partial charge in [-0.2, -0.15) is 0 Å². The Balaban J connectivity index is 3.05. The number of carbonyl (C=O) groups is 3. The summed E-state index contributed by atoms with van der Waals surface area (Å²) >= 11 is 5.15. The van der Waals surface area contributed by atoms with Gasteiger partial charge in [-0.3, -0.25) is 14.5 Å². The van der Waals surface area contributed by atoms with Crippen molar-refractivity contribution in [2.45, 2.75) is 58.8 Å². The standard InChI is InChI=1S/C16H24N2O5S/c1-15(2,3)22-11(19)9-18(14(21)23-16(4,5)6)12-10(24)7-8-17-13(12)20/h7-8,12H,9H2,1-6H3,(H,17,20). The highest BCUT2D eigenvalue weighted by molar-refractivity contribution is 7.81. The molecule has 0 bridgehead atoms. The lowest BCUT2D eigenvalue weighted by Gasteiger charge is -2.33. The van der Waals surface area contributed by atoms with Crippen molar-refractivity contribution in [1.29, 1.82) is 0 Å². The Labute approximate surface area is 147 Å². The van der Waals surface area contributed by atoms with E-state index in [2.05, 4.69) is 5.32 Å². The monoisotopic (exact) mass is 356 g/mol. The molecule has 0 fully saturated rings. The van der Waals surface area contributed by atoms with Crippen molar-refractivity contribution in [2.24, 2.45) is 0 Å². The highest BCUT2D eigenvalue weighted by Gasteiger charge is 2.38. The third kappa shape index (κ3) is 6.27. The van der Waals surface area contributed by atoms with E-state index in [1.807, 2.05) is 0 Å². The van der Waals surface area contributed by atoms with Crippen LogP contribution in [0.4, 0.5) is 4.79 Å². The van der Waals surface area contributed by atoms with Gasteiger partial charge >= 0.3 is 12.1 Å². The summed E-state index contributed by atoms with van der Waals surface area (Å²) in [6.45, 7) is 9.76. The maximum Gasteiger partial charge on any atom is 0.411 e. The zero-order chi connectivity index (χ0) is 18.7. The molecule has 1 heterocycles. The van der Waals surface area contributed by atoms with Crippen LogP contribution >= 0.6 is 12.2 Å².